The van der Waals surface area contributed by atoms with Crippen LogP contribution < -0.4 is 0 Å². The van der Waals surface area contributed by atoms with Gasteiger partial charge in [0.1, 0.15) is 0 Å². The van der Waals surface area contributed by atoms with Gasteiger partial charge in [-0.3, -0.25) is 0 Å². The van der Waals surface area contributed by atoms with E-state index in [-0.39, 0.29) is 5.41 Å². The molecule has 0 spiro atoms. The van der Waals surface area contributed by atoms with Gasteiger partial charge in [-0.05, 0) is 29.7 Å². The van der Waals surface area contributed by atoms with E-state index in [1.165, 1.54) is 32.2 Å². The third kappa shape index (κ3) is 4.26. The van der Waals surface area contributed by atoms with Gasteiger partial charge in [-0.25, -0.2) is 0 Å². The lowest BCUT2D eigenvalue weighted by Gasteiger charge is -2.45. The molecule has 0 N–H and O–H groups in total. The van der Waals surface area contributed by atoms with Crippen molar-refractivity contribution in [1.82, 2.24) is 4.90 Å². The number of allylic oxidation sites excluding steroid dienone is 2. The van der Waals surface area contributed by atoms with Crippen LogP contribution in [0.25, 0.3) is 0 Å². The van der Waals surface area contributed by atoms with E-state index >= 15 is 0 Å². The average Bonchev–Trinajstić information content (AvgIpc) is 2.22. The molecule has 0 saturated carbocycles. The second kappa shape index (κ2) is 5.89. The first-order valence-electron chi connectivity index (χ1n) is 8.02. The highest BCUT2D eigenvalue weighted by atomic mass is 15.1. The SMILES string of the molecule is CCCCC1CC(C(C)(C)C)=C(C(C)(C)C)N(C)C1. The minimum Gasteiger partial charge on any atom is -0.377 e. The van der Waals surface area contributed by atoms with Gasteiger partial charge in [-0.1, -0.05) is 61.3 Å². The number of nitrogens with zero attached hydrogens (tertiary/aromatic N) is 1. The third-order valence-corrected chi connectivity index (χ3v) is 4.27. The molecule has 0 radical (unpaired) electrons. The van der Waals surface area contributed by atoms with Crippen molar-refractivity contribution < 1.29 is 0 Å². The zero-order chi connectivity index (χ0) is 14.8. The molecule has 1 unspecified atom stereocenters. The first-order chi connectivity index (χ1) is 8.57. The van der Waals surface area contributed by atoms with Crippen LogP contribution in [0.4, 0.5) is 0 Å². The molecule has 1 heteroatoms. The van der Waals surface area contributed by atoms with Gasteiger partial charge in [0, 0.05) is 24.7 Å². The number of hydrogen-bond acceptors (Lipinski definition) is 1. The summed E-state index contributed by atoms with van der Waals surface area (Å²) in [6.07, 6.45) is 5.39. The maximum Gasteiger partial charge on any atom is 0.0203 e. The van der Waals surface area contributed by atoms with Gasteiger partial charge < -0.3 is 4.90 Å². The molecule has 1 aliphatic heterocycles. The van der Waals surface area contributed by atoms with Gasteiger partial charge >= 0.3 is 0 Å². The van der Waals surface area contributed by atoms with E-state index in [9.17, 15) is 0 Å². The first-order valence-corrected chi connectivity index (χ1v) is 8.02. The van der Waals surface area contributed by atoms with E-state index in [2.05, 4.69) is 60.4 Å². The highest BCUT2D eigenvalue weighted by molar-refractivity contribution is 5.26. The van der Waals surface area contributed by atoms with Crippen molar-refractivity contribution in [3.63, 3.8) is 0 Å². The van der Waals surface area contributed by atoms with Crippen LogP contribution in [0.1, 0.15) is 74.1 Å². The van der Waals surface area contributed by atoms with Crippen LogP contribution in [0.15, 0.2) is 11.3 Å². The van der Waals surface area contributed by atoms with Crippen molar-refractivity contribution in [3.8, 4) is 0 Å². The molecular weight excluding hydrogens is 230 g/mol. The summed E-state index contributed by atoms with van der Waals surface area (Å²) in [5.74, 6) is 0.852. The predicted octanol–water partition coefficient (Wildman–Crippen LogP) is 5.47. The molecule has 0 saturated heterocycles. The van der Waals surface area contributed by atoms with Gasteiger partial charge in [0.15, 0.2) is 0 Å². The number of unbranched alkanes of at least 4 members (excludes halogenated alkanes) is 1. The second-order valence-electron chi connectivity index (χ2n) is 8.42. The maximum atomic E-state index is 2.55. The van der Waals surface area contributed by atoms with Gasteiger partial charge in [0.05, 0.1) is 0 Å². The molecule has 0 amide bonds. The van der Waals surface area contributed by atoms with Crippen LogP contribution in [0.5, 0.6) is 0 Å². The lowest BCUT2D eigenvalue weighted by molar-refractivity contribution is 0.208. The summed E-state index contributed by atoms with van der Waals surface area (Å²) in [5.41, 5.74) is 3.83. The zero-order valence-electron chi connectivity index (χ0n) is 14.6. The van der Waals surface area contributed by atoms with Gasteiger partial charge in [-0.2, -0.15) is 0 Å². The fourth-order valence-electron chi connectivity index (χ4n) is 3.53. The Kier molecular flexibility index (Phi) is 5.15. The Morgan fingerprint density at radius 2 is 1.63 bits per heavy atom. The van der Waals surface area contributed by atoms with Crippen LogP contribution in [0.3, 0.4) is 0 Å². The average molecular weight is 265 g/mol. The summed E-state index contributed by atoms with van der Waals surface area (Å²) in [7, 11) is 2.30. The van der Waals surface area contributed by atoms with Crippen LogP contribution in [0.2, 0.25) is 0 Å². The van der Waals surface area contributed by atoms with E-state index in [1.54, 1.807) is 11.3 Å². The Hall–Kier alpha value is -0.460. The molecule has 0 aromatic carbocycles. The van der Waals surface area contributed by atoms with Gasteiger partial charge in [0.2, 0.25) is 0 Å². The Morgan fingerprint density at radius 1 is 1.05 bits per heavy atom. The van der Waals surface area contributed by atoms with Crippen molar-refractivity contribution in [2.75, 3.05) is 13.6 Å². The topological polar surface area (TPSA) is 3.24 Å². The quantitative estimate of drug-likeness (QED) is 0.653. The zero-order valence-corrected chi connectivity index (χ0v) is 14.6. The van der Waals surface area contributed by atoms with E-state index in [0.717, 1.165) is 5.92 Å². The Morgan fingerprint density at radius 3 is 2.05 bits per heavy atom. The van der Waals surface area contributed by atoms with E-state index < -0.39 is 0 Å². The Labute approximate surface area is 121 Å². The van der Waals surface area contributed by atoms with Crippen molar-refractivity contribution in [2.24, 2.45) is 16.7 Å². The van der Waals surface area contributed by atoms with Crippen molar-refractivity contribution in [1.29, 1.82) is 0 Å². The molecule has 1 atom stereocenters. The molecular formula is C18H35N. The van der Waals surface area contributed by atoms with Gasteiger partial charge in [0.25, 0.3) is 0 Å². The second-order valence-corrected chi connectivity index (χ2v) is 8.42. The molecule has 1 heterocycles. The Bertz CT molecular complexity index is 325. The molecule has 1 rings (SSSR count). The van der Waals surface area contributed by atoms with E-state index in [4.69, 9.17) is 0 Å². The van der Waals surface area contributed by atoms with Crippen LogP contribution in [0, 0.1) is 16.7 Å². The lowest BCUT2D eigenvalue weighted by atomic mass is 9.71. The maximum absolute atomic E-state index is 2.55. The first kappa shape index (κ1) is 16.6. The largest absolute Gasteiger partial charge is 0.377 e. The summed E-state index contributed by atoms with van der Waals surface area (Å²) in [5, 5.41) is 0. The van der Waals surface area contributed by atoms with Crippen LogP contribution in [-0.2, 0) is 0 Å². The molecule has 0 aliphatic carbocycles. The molecule has 1 aliphatic rings. The Balaban J connectivity index is 3.09. The lowest BCUT2D eigenvalue weighted by Crippen LogP contribution is -2.39. The normalized spacial score (nSPS) is 22.1. The van der Waals surface area contributed by atoms with Crippen LogP contribution >= 0.6 is 0 Å². The third-order valence-electron chi connectivity index (χ3n) is 4.27. The highest BCUT2D eigenvalue weighted by Gasteiger charge is 2.35. The summed E-state index contributed by atoms with van der Waals surface area (Å²) in [6, 6.07) is 0. The molecule has 0 aromatic heterocycles. The molecule has 0 aromatic rings. The van der Waals surface area contributed by atoms with E-state index in [0.29, 0.717) is 5.41 Å². The fourth-order valence-corrected chi connectivity index (χ4v) is 3.53. The van der Waals surface area contributed by atoms with Crippen molar-refractivity contribution in [3.05, 3.63) is 11.3 Å². The summed E-state index contributed by atoms with van der Waals surface area (Å²) < 4.78 is 0. The van der Waals surface area contributed by atoms with Crippen molar-refractivity contribution >= 4 is 0 Å². The van der Waals surface area contributed by atoms with Crippen LogP contribution in [-0.4, -0.2) is 18.5 Å². The predicted molar refractivity (Wildman–Crippen MR) is 86.2 cm³/mol. The summed E-state index contributed by atoms with van der Waals surface area (Å²) in [6.45, 7) is 17.8. The fraction of sp³-hybridized carbons (Fsp3) is 0.889. The monoisotopic (exact) mass is 265 g/mol. The number of hydrogen-bond donors (Lipinski definition) is 0. The summed E-state index contributed by atoms with van der Waals surface area (Å²) >= 11 is 0. The molecule has 19 heavy (non-hydrogen) atoms. The molecule has 1 nitrogen and oxygen atoms in total. The van der Waals surface area contributed by atoms with Crippen molar-refractivity contribution in [2.45, 2.75) is 74.1 Å². The van der Waals surface area contributed by atoms with E-state index in [1.807, 2.05) is 0 Å². The van der Waals surface area contributed by atoms with Gasteiger partial charge in [-0.15, -0.1) is 0 Å². The smallest absolute Gasteiger partial charge is 0.0203 e. The minimum absolute atomic E-state index is 0.257. The molecule has 112 valence electrons. The molecule has 0 bridgehead atoms. The highest BCUT2D eigenvalue weighted by Crippen LogP contribution is 2.44. The molecule has 0 fully saturated rings. The number of rotatable bonds is 3. The minimum atomic E-state index is 0.257. The standard InChI is InChI=1S/C18H35N/c1-9-10-11-14-12-15(17(2,3)4)16(18(5,6)7)19(8)13-14/h14H,9-13H2,1-8H3. The summed E-state index contributed by atoms with van der Waals surface area (Å²) in [4.78, 5) is 2.55.